The zero-order valence-electron chi connectivity index (χ0n) is 13.5. The highest BCUT2D eigenvalue weighted by atomic mass is 32.2. The Morgan fingerprint density at radius 3 is 2.20 bits per heavy atom. The quantitative estimate of drug-likeness (QED) is 0.752. The van der Waals surface area contributed by atoms with Gasteiger partial charge in [-0.2, -0.15) is 0 Å². The fourth-order valence-electron chi connectivity index (χ4n) is 2.01. The number of rotatable bonds is 7. The summed E-state index contributed by atoms with van der Waals surface area (Å²) in [6.07, 6.45) is 0.988. The third-order valence-corrected chi connectivity index (χ3v) is 5.83. The first-order chi connectivity index (χ1) is 11.7. The molecule has 0 heterocycles. The maximum absolute atomic E-state index is 12.0. The summed E-state index contributed by atoms with van der Waals surface area (Å²) in [4.78, 5) is 12.1. The molecule has 25 heavy (non-hydrogen) atoms. The molecule has 0 aromatic heterocycles. The summed E-state index contributed by atoms with van der Waals surface area (Å²) < 4.78 is 49.4. The van der Waals surface area contributed by atoms with E-state index in [-0.39, 0.29) is 22.8 Å². The van der Waals surface area contributed by atoms with Crippen LogP contribution in [0, 0.1) is 0 Å². The summed E-state index contributed by atoms with van der Waals surface area (Å²) in [6.45, 7) is -0.0746. The van der Waals surface area contributed by atoms with Gasteiger partial charge >= 0.3 is 0 Å². The van der Waals surface area contributed by atoms with Crippen LogP contribution in [0.4, 0.5) is 5.69 Å². The van der Waals surface area contributed by atoms with Crippen molar-refractivity contribution in [3.63, 3.8) is 0 Å². The molecule has 0 bridgehead atoms. The Balaban J connectivity index is 1.92. The van der Waals surface area contributed by atoms with Crippen molar-refractivity contribution < 1.29 is 21.6 Å². The number of anilines is 1. The molecule has 0 atom stereocenters. The van der Waals surface area contributed by atoms with Gasteiger partial charge in [0.05, 0.1) is 9.79 Å². The SMILES string of the molecule is CS(=O)(=O)c1cccc(NC(=O)CCNS(=O)(=O)c2ccccc2)c1. The fraction of sp³-hybridized carbons (Fsp3) is 0.188. The number of carbonyl (C=O) groups excluding carboxylic acids is 1. The van der Waals surface area contributed by atoms with Gasteiger partial charge in [-0.25, -0.2) is 21.6 Å². The lowest BCUT2D eigenvalue weighted by atomic mass is 10.3. The van der Waals surface area contributed by atoms with E-state index in [1.807, 2.05) is 0 Å². The Kier molecular flexibility index (Phi) is 5.93. The monoisotopic (exact) mass is 382 g/mol. The lowest BCUT2D eigenvalue weighted by Gasteiger charge is -2.08. The molecule has 7 nitrogen and oxygen atoms in total. The summed E-state index contributed by atoms with van der Waals surface area (Å²) in [6, 6.07) is 13.7. The normalized spacial score (nSPS) is 11.9. The molecule has 9 heteroatoms. The van der Waals surface area contributed by atoms with E-state index in [9.17, 15) is 21.6 Å². The maximum Gasteiger partial charge on any atom is 0.240 e. The molecule has 2 rings (SSSR count). The van der Waals surface area contributed by atoms with Crippen molar-refractivity contribution >= 4 is 31.5 Å². The third kappa shape index (κ3) is 5.66. The van der Waals surface area contributed by atoms with Crippen LogP contribution >= 0.6 is 0 Å². The molecule has 0 saturated carbocycles. The molecule has 0 fully saturated rings. The van der Waals surface area contributed by atoms with Gasteiger partial charge in [0.25, 0.3) is 0 Å². The molecule has 0 unspecified atom stereocenters. The van der Waals surface area contributed by atoms with Crippen LogP contribution in [-0.2, 0) is 24.7 Å². The van der Waals surface area contributed by atoms with Crippen LogP contribution in [0.2, 0.25) is 0 Å². The van der Waals surface area contributed by atoms with Crippen LogP contribution < -0.4 is 10.0 Å². The average Bonchev–Trinajstić information content (AvgIpc) is 2.55. The van der Waals surface area contributed by atoms with E-state index in [2.05, 4.69) is 10.0 Å². The Hall–Kier alpha value is -2.23. The number of benzene rings is 2. The Labute approximate surface area is 147 Å². The number of carbonyl (C=O) groups is 1. The predicted molar refractivity (Wildman–Crippen MR) is 94.4 cm³/mol. The molecule has 134 valence electrons. The number of sulfone groups is 1. The first kappa shape index (κ1) is 19.1. The summed E-state index contributed by atoms with van der Waals surface area (Å²) in [5.74, 6) is -0.429. The lowest BCUT2D eigenvalue weighted by molar-refractivity contribution is -0.116. The number of nitrogens with one attached hydrogen (secondary N) is 2. The fourth-order valence-corrected chi connectivity index (χ4v) is 3.73. The topological polar surface area (TPSA) is 109 Å². The van der Waals surface area contributed by atoms with E-state index < -0.39 is 25.8 Å². The smallest absolute Gasteiger partial charge is 0.240 e. The molecule has 2 aromatic carbocycles. The third-order valence-electron chi connectivity index (χ3n) is 3.24. The van der Waals surface area contributed by atoms with E-state index in [1.165, 1.54) is 30.3 Å². The summed E-state index contributed by atoms with van der Waals surface area (Å²) in [5.41, 5.74) is 0.332. The second-order valence-corrected chi connectivity index (χ2v) is 9.09. The number of hydrogen-bond acceptors (Lipinski definition) is 5. The van der Waals surface area contributed by atoms with Gasteiger partial charge in [-0.3, -0.25) is 4.79 Å². The van der Waals surface area contributed by atoms with E-state index in [1.54, 1.807) is 24.3 Å². The second-order valence-electron chi connectivity index (χ2n) is 5.31. The maximum atomic E-state index is 12.0. The van der Waals surface area contributed by atoms with Crippen molar-refractivity contribution in [2.24, 2.45) is 0 Å². The molecule has 2 N–H and O–H groups in total. The van der Waals surface area contributed by atoms with Crippen molar-refractivity contribution in [3.8, 4) is 0 Å². The van der Waals surface area contributed by atoms with Crippen LogP contribution in [0.5, 0.6) is 0 Å². The minimum atomic E-state index is -3.66. The molecule has 0 spiro atoms. The lowest BCUT2D eigenvalue weighted by Crippen LogP contribution is -2.27. The summed E-state index contributed by atoms with van der Waals surface area (Å²) >= 11 is 0. The molecule has 0 aliphatic carbocycles. The molecule has 0 aliphatic heterocycles. The van der Waals surface area contributed by atoms with Gasteiger partial charge in [-0.15, -0.1) is 0 Å². The van der Waals surface area contributed by atoms with Crippen LogP contribution in [-0.4, -0.2) is 35.5 Å². The highest BCUT2D eigenvalue weighted by Crippen LogP contribution is 2.15. The van der Waals surface area contributed by atoms with E-state index in [0.29, 0.717) is 5.69 Å². The Bertz CT molecular complexity index is 955. The van der Waals surface area contributed by atoms with Gasteiger partial charge in [0.15, 0.2) is 9.84 Å². The van der Waals surface area contributed by atoms with Gasteiger partial charge in [-0.05, 0) is 30.3 Å². The minimum absolute atomic E-state index is 0.0746. The van der Waals surface area contributed by atoms with Crippen LogP contribution in [0.25, 0.3) is 0 Å². The highest BCUT2D eigenvalue weighted by molar-refractivity contribution is 7.90. The first-order valence-electron chi connectivity index (χ1n) is 7.33. The van der Waals surface area contributed by atoms with E-state index in [4.69, 9.17) is 0 Å². The first-order valence-corrected chi connectivity index (χ1v) is 10.7. The van der Waals surface area contributed by atoms with Crippen LogP contribution in [0.3, 0.4) is 0 Å². The zero-order valence-corrected chi connectivity index (χ0v) is 15.1. The van der Waals surface area contributed by atoms with Gasteiger partial charge in [0, 0.05) is 24.9 Å². The number of hydrogen-bond donors (Lipinski definition) is 2. The van der Waals surface area contributed by atoms with Crippen molar-refractivity contribution in [1.82, 2.24) is 4.72 Å². The van der Waals surface area contributed by atoms with Gasteiger partial charge in [0.1, 0.15) is 0 Å². The molecule has 0 radical (unpaired) electrons. The highest BCUT2D eigenvalue weighted by Gasteiger charge is 2.14. The molecule has 0 aliphatic rings. The van der Waals surface area contributed by atoms with Crippen molar-refractivity contribution in [1.29, 1.82) is 0 Å². The van der Waals surface area contributed by atoms with Crippen LogP contribution in [0.15, 0.2) is 64.4 Å². The number of sulfonamides is 1. The van der Waals surface area contributed by atoms with E-state index >= 15 is 0 Å². The molecule has 1 amide bonds. The molecule has 2 aromatic rings. The van der Waals surface area contributed by atoms with Crippen molar-refractivity contribution in [2.75, 3.05) is 18.1 Å². The second kappa shape index (κ2) is 7.77. The predicted octanol–water partition coefficient (Wildman–Crippen LogP) is 1.40. The van der Waals surface area contributed by atoms with Crippen molar-refractivity contribution in [2.45, 2.75) is 16.2 Å². The van der Waals surface area contributed by atoms with Gasteiger partial charge < -0.3 is 5.32 Å². The van der Waals surface area contributed by atoms with Crippen LogP contribution in [0.1, 0.15) is 6.42 Å². The largest absolute Gasteiger partial charge is 0.326 e. The molecular weight excluding hydrogens is 364 g/mol. The summed E-state index contributed by atoms with van der Waals surface area (Å²) in [5, 5.41) is 2.54. The standard InChI is InChI=1S/C16H18N2O5S2/c1-24(20,21)15-9-5-6-13(12-15)18-16(19)10-11-17-25(22,23)14-7-3-2-4-8-14/h2-9,12,17H,10-11H2,1H3,(H,18,19). The van der Waals surface area contributed by atoms with E-state index in [0.717, 1.165) is 6.26 Å². The Morgan fingerprint density at radius 2 is 1.56 bits per heavy atom. The molecular formula is C16H18N2O5S2. The Morgan fingerprint density at radius 1 is 0.920 bits per heavy atom. The minimum Gasteiger partial charge on any atom is -0.326 e. The van der Waals surface area contributed by atoms with Gasteiger partial charge in [-0.1, -0.05) is 24.3 Å². The summed E-state index contributed by atoms with van der Waals surface area (Å²) in [7, 11) is -7.04. The van der Waals surface area contributed by atoms with Crippen molar-refractivity contribution in [3.05, 3.63) is 54.6 Å². The van der Waals surface area contributed by atoms with Gasteiger partial charge in [0.2, 0.25) is 15.9 Å². The molecule has 0 saturated heterocycles. The number of amides is 1. The zero-order chi connectivity index (χ0) is 18.5. The average molecular weight is 382 g/mol.